The van der Waals surface area contributed by atoms with Crippen LogP contribution in [0.5, 0.6) is 0 Å². The smallest absolute Gasteiger partial charge is 0.234 e. The molecular weight excluding hydrogens is 252 g/mol. The van der Waals surface area contributed by atoms with Crippen molar-refractivity contribution >= 4 is 18.3 Å². The highest BCUT2D eigenvalue weighted by molar-refractivity contribution is 5.85. The lowest BCUT2D eigenvalue weighted by atomic mass is 9.54. The van der Waals surface area contributed by atoms with E-state index < -0.39 is 0 Å². The number of carbonyl (C=O) groups is 1. The molecule has 1 aliphatic heterocycles. The van der Waals surface area contributed by atoms with E-state index in [4.69, 9.17) is 4.74 Å². The van der Waals surface area contributed by atoms with Gasteiger partial charge < -0.3 is 15.4 Å². The van der Waals surface area contributed by atoms with Crippen LogP contribution in [0.25, 0.3) is 0 Å². The standard InChI is InChI=1S/C13H22N2O2.ClH/c1-14-8-10(16)15-11-9-4-7-17-12(9)13(11)5-2-3-6-13;/h9,11-12,14H,2-8H2,1H3,(H,15,16);1H. The van der Waals surface area contributed by atoms with Crippen LogP contribution < -0.4 is 10.6 Å². The van der Waals surface area contributed by atoms with E-state index in [1.165, 1.54) is 25.7 Å². The minimum atomic E-state index is 0. The van der Waals surface area contributed by atoms with Crippen LogP contribution in [-0.2, 0) is 9.53 Å². The van der Waals surface area contributed by atoms with E-state index in [-0.39, 0.29) is 23.7 Å². The molecule has 1 heterocycles. The third-order valence-electron chi connectivity index (χ3n) is 4.94. The molecule has 5 heteroatoms. The molecule has 3 atom stereocenters. The Balaban J connectivity index is 0.00000120. The predicted octanol–water partition coefficient (Wildman–Crippen LogP) is 1.09. The fourth-order valence-electron chi connectivity index (χ4n) is 4.29. The third-order valence-corrected chi connectivity index (χ3v) is 4.94. The van der Waals surface area contributed by atoms with Gasteiger partial charge in [-0.1, -0.05) is 12.8 Å². The zero-order valence-corrected chi connectivity index (χ0v) is 11.7. The van der Waals surface area contributed by atoms with Gasteiger partial charge in [0.1, 0.15) is 0 Å². The van der Waals surface area contributed by atoms with Crippen LogP contribution in [-0.4, -0.2) is 38.3 Å². The summed E-state index contributed by atoms with van der Waals surface area (Å²) in [6.45, 7) is 1.31. The van der Waals surface area contributed by atoms with Crippen molar-refractivity contribution in [1.82, 2.24) is 10.6 Å². The molecule has 4 nitrogen and oxygen atoms in total. The second kappa shape index (κ2) is 5.35. The van der Waals surface area contributed by atoms with Crippen molar-refractivity contribution < 1.29 is 9.53 Å². The zero-order chi connectivity index (χ0) is 11.9. The quantitative estimate of drug-likeness (QED) is 0.810. The SMILES string of the molecule is CNCC(=O)NC1C2CCOC2C12CCCC2.Cl. The molecule has 2 N–H and O–H groups in total. The van der Waals surface area contributed by atoms with Gasteiger partial charge in [-0.15, -0.1) is 12.4 Å². The number of amides is 1. The van der Waals surface area contributed by atoms with Gasteiger partial charge in [-0.2, -0.15) is 0 Å². The highest BCUT2D eigenvalue weighted by atomic mass is 35.5. The van der Waals surface area contributed by atoms with Crippen molar-refractivity contribution in [3.8, 4) is 0 Å². The van der Waals surface area contributed by atoms with Gasteiger partial charge in [-0.3, -0.25) is 4.79 Å². The van der Waals surface area contributed by atoms with E-state index in [0.717, 1.165) is 13.0 Å². The fourth-order valence-corrected chi connectivity index (χ4v) is 4.29. The molecule has 0 bridgehead atoms. The van der Waals surface area contributed by atoms with Gasteiger partial charge in [0.2, 0.25) is 5.91 Å². The first-order valence-corrected chi connectivity index (χ1v) is 6.83. The first kappa shape index (κ1) is 14.1. The third kappa shape index (κ3) is 1.95. The van der Waals surface area contributed by atoms with Gasteiger partial charge in [0, 0.05) is 24.0 Å². The van der Waals surface area contributed by atoms with Crippen LogP contribution in [0.3, 0.4) is 0 Å². The lowest BCUT2D eigenvalue weighted by Gasteiger charge is -2.56. The molecule has 18 heavy (non-hydrogen) atoms. The highest BCUT2D eigenvalue weighted by Gasteiger charge is 2.65. The number of fused-ring (bicyclic) bond motifs is 2. The second-order valence-corrected chi connectivity index (χ2v) is 5.76. The van der Waals surface area contributed by atoms with Crippen LogP contribution in [0.15, 0.2) is 0 Å². The van der Waals surface area contributed by atoms with Gasteiger partial charge in [0.15, 0.2) is 0 Å². The number of rotatable bonds is 3. The molecular formula is C13H23ClN2O2. The Labute approximate surface area is 115 Å². The number of hydrogen-bond acceptors (Lipinski definition) is 3. The number of carbonyl (C=O) groups excluding carboxylic acids is 1. The summed E-state index contributed by atoms with van der Waals surface area (Å²) < 4.78 is 5.89. The number of hydrogen-bond donors (Lipinski definition) is 2. The van der Waals surface area contributed by atoms with E-state index in [9.17, 15) is 4.79 Å². The highest BCUT2D eigenvalue weighted by Crippen LogP contribution is 2.60. The van der Waals surface area contributed by atoms with Crippen molar-refractivity contribution in [3.05, 3.63) is 0 Å². The maximum atomic E-state index is 11.8. The van der Waals surface area contributed by atoms with Crippen molar-refractivity contribution in [2.24, 2.45) is 11.3 Å². The average molecular weight is 275 g/mol. The maximum absolute atomic E-state index is 11.8. The molecule has 0 aromatic carbocycles. The Hall–Kier alpha value is -0.320. The lowest BCUT2D eigenvalue weighted by molar-refractivity contribution is -0.145. The van der Waals surface area contributed by atoms with Crippen LogP contribution in [0.1, 0.15) is 32.1 Å². The summed E-state index contributed by atoms with van der Waals surface area (Å²) in [6.07, 6.45) is 6.62. The van der Waals surface area contributed by atoms with E-state index >= 15 is 0 Å². The number of likely N-dealkylation sites (N-methyl/N-ethyl adjacent to an activating group) is 1. The maximum Gasteiger partial charge on any atom is 0.234 e. The largest absolute Gasteiger partial charge is 0.377 e. The molecule has 2 saturated carbocycles. The average Bonchev–Trinajstić information content (AvgIpc) is 2.94. The van der Waals surface area contributed by atoms with Gasteiger partial charge in [0.25, 0.3) is 0 Å². The lowest BCUT2D eigenvalue weighted by Crippen LogP contribution is -2.68. The predicted molar refractivity (Wildman–Crippen MR) is 71.9 cm³/mol. The second-order valence-electron chi connectivity index (χ2n) is 5.76. The summed E-state index contributed by atoms with van der Waals surface area (Å²) in [7, 11) is 1.81. The van der Waals surface area contributed by atoms with Crippen molar-refractivity contribution in [2.45, 2.75) is 44.2 Å². The number of halogens is 1. The molecule has 1 saturated heterocycles. The zero-order valence-electron chi connectivity index (χ0n) is 10.9. The van der Waals surface area contributed by atoms with E-state index in [0.29, 0.717) is 24.6 Å². The molecule has 1 amide bonds. The van der Waals surface area contributed by atoms with Gasteiger partial charge in [-0.05, 0) is 26.3 Å². The molecule has 0 aromatic rings. The van der Waals surface area contributed by atoms with Crippen molar-refractivity contribution in [3.63, 3.8) is 0 Å². The Morgan fingerprint density at radius 1 is 1.39 bits per heavy atom. The molecule has 3 fully saturated rings. The molecule has 1 spiro atoms. The number of ether oxygens (including phenoxy) is 1. The Morgan fingerprint density at radius 3 is 2.78 bits per heavy atom. The van der Waals surface area contributed by atoms with Crippen molar-refractivity contribution in [1.29, 1.82) is 0 Å². The molecule has 0 radical (unpaired) electrons. The Kier molecular flexibility index (Phi) is 4.19. The molecule has 3 unspecified atom stereocenters. The summed E-state index contributed by atoms with van der Waals surface area (Å²) in [5.74, 6) is 0.711. The fraction of sp³-hybridized carbons (Fsp3) is 0.923. The Morgan fingerprint density at radius 2 is 2.11 bits per heavy atom. The summed E-state index contributed by atoms with van der Waals surface area (Å²) >= 11 is 0. The van der Waals surface area contributed by atoms with Crippen molar-refractivity contribution in [2.75, 3.05) is 20.2 Å². The monoisotopic (exact) mass is 274 g/mol. The molecule has 2 aliphatic carbocycles. The van der Waals surface area contributed by atoms with Crippen LogP contribution in [0, 0.1) is 11.3 Å². The Bertz CT molecular complexity index is 318. The van der Waals surface area contributed by atoms with E-state index in [2.05, 4.69) is 10.6 Å². The molecule has 3 rings (SSSR count). The first-order valence-electron chi connectivity index (χ1n) is 6.83. The van der Waals surface area contributed by atoms with E-state index in [1.807, 2.05) is 7.05 Å². The summed E-state index contributed by atoms with van der Waals surface area (Å²) in [4.78, 5) is 11.8. The normalized spacial score (nSPS) is 35.7. The minimum absolute atomic E-state index is 0. The van der Waals surface area contributed by atoms with E-state index in [1.54, 1.807) is 0 Å². The molecule has 3 aliphatic rings. The van der Waals surface area contributed by atoms with Crippen LogP contribution in [0.2, 0.25) is 0 Å². The van der Waals surface area contributed by atoms with Crippen LogP contribution >= 0.6 is 12.4 Å². The van der Waals surface area contributed by atoms with Gasteiger partial charge >= 0.3 is 0 Å². The van der Waals surface area contributed by atoms with Gasteiger partial charge in [-0.25, -0.2) is 0 Å². The number of nitrogens with one attached hydrogen (secondary N) is 2. The molecule has 104 valence electrons. The minimum Gasteiger partial charge on any atom is -0.377 e. The summed E-state index contributed by atoms with van der Waals surface area (Å²) in [5.41, 5.74) is 0.282. The molecule has 0 aromatic heterocycles. The topological polar surface area (TPSA) is 50.4 Å². The summed E-state index contributed by atoms with van der Waals surface area (Å²) in [6, 6.07) is 0.373. The first-order chi connectivity index (χ1) is 8.28. The van der Waals surface area contributed by atoms with Gasteiger partial charge in [0.05, 0.1) is 12.6 Å². The summed E-state index contributed by atoms with van der Waals surface area (Å²) in [5, 5.41) is 6.16. The van der Waals surface area contributed by atoms with Crippen LogP contribution in [0.4, 0.5) is 0 Å².